The molecule has 0 bridgehead atoms. The molecule has 0 saturated carbocycles. The van der Waals surface area contributed by atoms with Crippen molar-refractivity contribution in [1.82, 2.24) is 5.32 Å². The number of hydrogen-bond donors (Lipinski definition) is 1. The number of halogens is 2. The van der Waals surface area contributed by atoms with Gasteiger partial charge in [0.2, 0.25) is 15.9 Å². The van der Waals surface area contributed by atoms with Crippen LogP contribution >= 0.6 is 23.2 Å². The molecular formula is C12H16Cl2N2O3S. The number of sulfonamides is 1. The number of carbonyl (C=O) groups is 1. The summed E-state index contributed by atoms with van der Waals surface area (Å²) in [6.45, 7) is 2.07. The summed E-state index contributed by atoms with van der Waals surface area (Å²) < 4.78 is 24.8. The zero-order valence-electron chi connectivity index (χ0n) is 11.2. The highest BCUT2D eigenvalue weighted by molar-refractivity contribution is 7.92. The highest BCUT2D eigenvalue weighted by atomic mass is 35.5. The number of anilines is 1. The quantitative estimate of drug-likeness (QED) is 0.865. The maximum atomic E-state index is 11.8. The van der Waals surface area contributed by atoms with Gasteiger partial charge in [-0.2, -0.15) is 0 Å². The van der Waals surface area contributed by atoms with Gasteiger partial charge in [-0.1, -0.05) is 30.1 Å². The lowest BCUT2D eigenvalue weighted by Gasteiger charge is -2.23. The number of rotatable bonds is 6. The van der Waals surface area contributed by atoms with Gasteiger partial charge in [0.25, 0.3) is 0 Å². The Kier molecular flexibility index (Phi) is 6.10. The second-order valence-corrected chi connectivity index (χ2v) is 6.86. The van der Waals surface area contributed by atoms with Crippen molar-refractivity contribution in [2.75, 3.05) is 23.7 Å². The SMILES string of the molecule is CCC(=O)NCCN(c1ccc(Cl)c(Cl)c1)S(C)(=O)=O. The molecule has 0 heterocycles. The van der Waals surface area contributed by atoms with E-state index < -0.39 is 10.0 Å². The van der Waals surface area contributed by atoms with Crippen LogP contribution in [0, 0.1) is 0 Å². The smallest absolute Gasteiger partial charge is 0.232 e. The fraction of sp³-hybridized carbons (Fsp3) is 0.417. The highest BCUT2D eigenvalue weighted by Gasteiger charge is 2.18. The van der Waals surface area contributed by atoms with E-state index in [1.54, 1.807) is 13.0 Å². The van der Waals surface area contributed by atoms with Crippen LogP contribution in [0.4, 0.5) is 5.69 Å². The molecule has 1 N–H and O–H groups in total. The highest BCUT2D eigenvalue weighted by Crippen LogP contribution is 2.28. The van der Waals surface area contributed by atoms with Crippen LogP contribution in [0.5, 0.6) is 0 Å². The molecular weight excluding hydrogens is 323 g/mol. The lowest BCUT2D eigenvalue weighted by molar-refractivity contribution is -0.120. The Labute approximate surface area is 128 Å². The molecule has 0 unspecified atom stereocenters. The van der Waals surface area contributed by atoms with Gasteiger partial charge in [-0.25, -0.2) is 8.42 Å². The van der Waals surface area contributed by atoms with E-state index in [0.29, 0.717) is 17.1 Å². The van der Waals surface area contributed by atoms with Crippen molar-refractivity contribution in [2.45, 2.75) is 13.3 Å². The first kappa shape index (κ1) is 17.1. The van der Waals surface area contributed by atoms with E-state index in [0.717, 1.165) is 6.26 Å². The molecule has 112 valence electrons. The molecule has 0 aromatic heterocycles. The minimum Gasteiger partial charge on any atom is -0.354 e. The van der Waals surface area contributed by atoms with Gasteiger partial charge in [0.05, 0.1) is 28.5 Å². The molecule has 20 heavy (non-hydrogen) atoms. The fourth-order valence-corrected chi connectivity index (χ4v) is 2.76. The van der Waals surface area contributed by atoms with Crippen LogP contribution in [0.3, 0.4) is 0 Å². The van der Waals surface area contributed by atoms with Crippen LogP contribution in [0.15, 0.2) is 18.2 Å². The van der Waals surface area contributed by atoms with Crippen LogP contribution in [0.1, 0.15) is 13.3 Å². The second-order valence-electron chi connectivity index (χ2n) is 4.14. The first-order valence-corrected chi connectivity index (χ1v) is 8.55. The van der Waals surface area contributed by atoms with Crippen LogP contribution in [0.2, 0.25) is 10.0 Å². The topological polar surface area (TPSA) is 66.5 Å². The fourth-order valence-electron chi connectivity index (χ4n) is 1.55. The van der Waals surface area contributed by atoms with Crippen LogP contribution in [-0.2, 0) is 14.8 Å². The van der Waals surface area contributed by atoms with E-state index >= 15 is 0 Å². The molecule has 0 aliphatic rings. The Morgan fingerprint density at radius 2 is 1.95 bits per heavy atom. The molecule has 0 spiro atoms. The van der Waals surface area contributed by atoms with Crippen molar-refractivity contribution in [3.05, 3.63) is 28.2 Å². The van der Waals surface area contributed by atoms with Gasteiger partial charge in [-0.3, -0.25) is 9.10 Å². The average molecular weight is 339 g/mol. The molecule has 1 amide bonds. The van der Waals surface area contributed by atoms with Crippen molar-refractivity contribution in [1.29, 1.82) is 0 Å². The number of nitrogens with one attached hydrogen (secondary N) is 1. The molecule has 1 aromatic rings. The van der Waals surface area contributed by atoms with E-state index in [4.69, 9.17) is 23.2 Å². The molecule has 1 aromatic carbocycles. The summed E-state index contributed by atoms with van der Waals surface area (Å²) in [5.74, 6) is -0.132. The summed E-state index contributed by atoms with van der Waals surface area (Å²) in [6.07, 6.45) is 1.45. The van der Waals surface area contributed by atoms with Crippen molar-refractivity contribution in [3.63, 3.8) is 0 Å². The van der Waals surface area contributed by atoms with Crippen LogP contribution in [0.25, 0.3) is 0 Å². The summed E-state index contributed by atoms with van der Waals surface area (Å²) in [7, 11) is -3.47. The van der Waals surface area contributed by atoms with Gasteiger partial charge in [0, 0.05) is 13.0 Å². The minimum absolute atomic E-state index is 0.128. The lowest BCUT2D eigenvalue weighted by atomic mass is 10.3. The standard InChI is InChI=1S/C12H16Cl2N2O3S/c1-3-12(17)15-6-7-16(20(2,18)19)9-4-5-10(13)11(14)8-9/h4-5,8H,3,6-7H2,1-2H3,(H,15,17). The normalized spacial score (nSPS) is 11.2. The Morgan fingerprint density at radius 1 is 1.30 bits per heavy atom. The minimum atomic E-state index is -3.47. The summed E-state index contributed by atoms with van der Waals surface area (Å²) in [6, 6.07) is 4.57. The maximum absolute atomic E-state index is 11.8. The van der Waals surface area contributed by atoms with Gasteiger partial charge in [0.15, 0.2) is 0 Å². The number of carbonyl (C=O) groups excluding carboxylic acids is 1. The zero-order chi connectivity index (χ0) is 15.3. The third-order valence-corrected chi connectivity index (χ3v) is 4.48. The average Bonchev–Trinajstić information content (AvgIpc) is 2.36. The Morgan fingerprint density at radius 3 is 2.45 bits per heavy atom. The molecule has 0 aliphatic heterocycles. The summed E-state index contributed by atoms with van der Waals surface area (Å²) in [4.78, 5) is 11.2. The molecule has 0 radical (unpaired) electrons. The van der Waals surface area contributed by atoms with Gasteiger partial charge in [0.1, 0.15) is 0 Å². The Hall–Kier alpha value is -0.980. The second kappa shape index (κ2) is 7.15. The van der Waals surface area contributed by atoms with E-state index in [-0.39, 0.29) is 24.0 Å². The van der Waals surface area contributed by atoms with E-state index in [2.05, 4.69) is 5.32 Å². The van der Waals surface area contributed by atoms with Gasteiger partial charge in [-0.05, 0) is 18.2 Å². The predicted molar refractivity (Wildman–Crippen MR) is 82.0 cm³/mol. The lowest BCUT2D eigenvalue weighted by Crippen LogP contribution is -2.38. The Bertz CT molecular complexity index is 590. The largest absolute Gasteiger partial charge is 0.354 e. The number of benzene rings is 1. The monoisotopic (exact) mass is 338 g/mol. The van der Waals surface area contributed by atoms with Gasteiger partial charge in [-0.15, -0.1) is 0 Å². The van der Waals surface area contributed by atoms with Crippen LogP contribution in [-0.4, -0.2) is 33.7 Å². The third-order valence-electron chi connectivity index (χ3n) is 2.55. The number of hydrogen-bond acceptors (Lipinski definition) is 3. The number of amides is 1. The first-order chi connectivity index (χ1) is 9.25. The molecule has 1 rings (SSSR count). The van der Waals surface area contributed by atoms with Crippen molar-refractivity contribution in [3.8, 4) is 0 Å². The van der Waals surface area contributed by atoms with Crippen molar-refractivity contribution >= 4 is 44.8 Å². The van der Waals surface area contributed by atoms with Gasteiger partial charge < -0.3 is 5.32 Å². The molecule has 0 fully saturated rings. The molecule has 0 atom stereocenters. The van der Waals surface area contributed by atoms with E-state index in [9.17, 15) is 13.2 Å². The summed E-state index contributed by atoms with van der Waals surface area (Å²) in [5.41, 5.74) is 0.410. The summed E-state index contributed by atoms with van der Waals surface area (Å²) >= 11 is 11.7. The predicted octanol–water partition coefficient (Wildman–Crippen LogP) is 2.29. The van der Waals surface area contributed by atoms with Crippen molar-refractivity contribution < 1.29 is 13.2 Å². The first-order valence-electron chi connectivity index (χ1n) is 5.95. The molecule has 8 heteroatoms. The Balaban J connectivity index is 2.90. The third kappa shape index (κ3) is 4.85. The number of nitrogens with zero attached hydrogens (tertiary/aromatic N) is 1. The maximum Gasteiger partial charge on any atom is 0.232 e. The molecule has 5 nitrogen and oxygen atoms in total. The molecule has 0 saturated heterocycles. The summed E-state index contributed by atoms with van der Waals surface area (Å²) in [5, 5.41) is 3.25. The van der Waals surface area contributed by atoms with Crippen LogP contribution < -0.4 is 9.62 Å². The van der Waals surface area contributed by atoms with E-state index in [1.807, 2.05) is 0 Å². The zero-order valence-corrected chi connectivity index (χ0v) is 13.5. The van der Waals surface area contributed by atoms with Gasteiger partial charge >= 0.3 is 0 Å². The van der Waals surface area contributed by atoms with E-state index in [1.165, 1.54) is 16.4 Å². The molecule has 0 aliphatic carbocycles. The van der Waals surface area contributed by atoms with Crippen molar-refractivity contribution in [2.24, 2.45) is 0 Å².